The molecule has 6 heteroatoms. The third-order valence-electron chi connectivity index (χ3n) is 3.65. The second-order valence-corrected chi connectivity index (χ2v) is 4.55. The van der Waals surface area contributed by atoms with Gasteiger partial charge in [0.25, 0.3) is 0 Å². The molecule has 2 heterocycles. The lowest BCUT2D eigenvalue weighted by Gasteiger charge is -2.36. The number of nitrogens with two attached hydrogens (primary N) is 1. The van der Waals surface area contributed by atoms with Crippen LogP contribution in [0.15, 0.2) is 18.2 Å². The average molecular weight is 295 g/mol. The Balaban J connectivity index is 0.000000810. The standard InChI is InChI=1S/C12H15FN2O.2ClH/c13-9-3-1-2-8-10(9)16-12(11(8)14)4-6-15-7-5-12;;/h1-3,11,15H,4-7,14H2;2*1H/t11-;;/m1../s1. The van der Waals surface area contributed by atoms with Crippen LogP contribution in [0.4, 0.5) is 4.39 Å². The van der Waals surface area contributed by atoms with E-state index >= 15 is 0 Å². The minimum Gasteiger partial charge on any atom is -0.482 e. The number of hydrogen-bond donors (Lipinski definition) is 2. The number of benzene rings is 1. The van der Waals surface area contributed by atoms with Crippen LogP contribution in [0.3, 0.4) is 0 Å². The maximum atomic E-state index is 13.6. The minimum absolute atomic E-state index is 0. The van der Waals surface area contributed by atoms with Crippen LogP contribution in [-0.4, -0.2) is 18.7 Å². The molecule has 102 valence electrons. The summed E-state index contributed by atoms with van der Waals surface area (Å²) in [4.78, 5) is 0. The molecule has 3 rings (SSSR count). The molecular weight excluding hydrogens is 278 g/mol. The molecule has 1 aromatic rings. The van der Waals surface area contributed by atoms with Crippen LogP contribution >= 0.6 is 24.8 Å². The molecule has 0 bridgehead atoms. The van der Waals surface area contributed by atoms with Crippen LogP contribution in [0.2, 0.25) is 0 Å². The molecule has 0 unspecified atom stereocenters. The first-order valence-electron chi connectivity index (χ1n) is 5.67. The van der Waals surface area contributed by atoms with Crippen molar-refractivity contribution in [3.05, 3.63) is 29.6 Å². The molecule has 3 N–H and O–H groups in total. The van der Waals surface area contributed by atoms with E-state index in [1.807, 2.05) is 6.07 Å². The number of nitrogens with one attached hydrogen (secondary N) is 1. The Labute approximate surface area is 118 Å². The Bertz CT molecular complexity index is 425. The van der Waals surface area contributed by atoms with Gasteiger partial charge in [0.15, 0.2) is 11.6 Å². The minimum atomic E-state index is -0.393. The fraction of sp³-hybridized carbons (Fsp3) is 0.500. The molecule has 18 heavy (non-hydrogen) atoms. The molecule has 1 atom stereocenters. The molecule has 0 amide bonds. The highest BCUT2D eigenvalue weighted by Crippen LogP contribution is 2.47. The van der Waals surface area contributed by atoms with E-state index in [-0.39, 0.29) is 36.7 Å². The van der Waals surface area contributed by atoms with Crippen molar-refractivity contribution in [3.63, 3.8) is 0 Å². The number of fused-ring (bicyclic) bond motifs is 1. The van der Waals surface area contributed by atoms with Gasteiger partial charge in [-0.2, -0.15) is 0 Å². The van der Waals surface area contributed by atoms with Gasteiger partial charge in [0.2, 0.25) is 0 Å². The molecule has 0 aliphatic carbocycles. The zero-order valence-electron chi connectivity index (χ0n) is 9.82. The highest BCUT2D eigenvalue weighted by atomic mass is 35.5. The Morgan fingerprint density at radius 3 is 2.56 bits per heavy atom. The second-order valence-electron chi connectivity index (χ2n) is 4.55. The summed E-state index contributed by atoms with van der Waals surface area (Å²) in [5.74, 6) is 0.0558. The molecule has 0 saturated carbocycles. The number of halogens is 3. The fourth-order valence-electron chi connectivity index (χ4n) is 2.69. The largest absolute Gasteiger partial charge is 0.482 e. The Hall–Kier alpha value is -0.550. The SMILES string of the molecule is Cl.Cl.N[C@@H]1c2cccc(F)c2OC12CCNCC2. The van der Waals surface area contributed by atoms with Crippen LogP contribution in [0.1, 0.15) is 24.4 Å². The summed E-state index contributed by atoms with van der Waals surface area (Å²) in [6.07, 6.45) is 1.67. The average Bonchev–Trinajstić information content (AvgIpc) is 2.57. The number of piperidine rings is 1. The molecule has 1 fully saturated rings. The summed E-state index contributed by atoms with van der Waals surface area (Å²) in [6.45, 7) is 1.76. The van der Waals surface area contributed by atoms with Crippen molar-refractivity contribution in [3.8, 4) is 5.75 Å². The first-order valence-corrected chi connectivity index (χ1v) is 5.67. The van der Waals surface area contributed by atoms with Crippen molar-refractivity contribution in [2.24, 2.45) is 5.73 Å². The van der Waals surface area contributed by atoms with Gasteiger partial charge in [0, 0.05) is 18.4 Å². The number of hydrogen-bond acceptors (Lipinski definition) is 3. The van der Waals surface area contributed by atoms with E-state index in [0.29, 0.717) is 5.75 Å². The first-order chi connectivity index (χ1) is 7.73. The van der Waals surface area contributed by atoms with E-state index in [1.54, 1.807) is 6.07 Å². The van der Waals surface area contributed by atoms with Crippen LogP contribution < -0.4 is 15.8 Å². The lowest BCUT2D eigenvalue weighted by atomic mass is 9.84. The summed E-state index contributed by atoms with van der Waals surface area (Å²) < 4.78 is 19.4. The lowest BCUT2D eigenvalue weighted by Crippen LogP contribution is -2.50. The highest BCUT2D eigenvalue weighted by Gasteiger charge is 2.47. The summed E-state index contributed by atoms with van der Waals surface area (Å²) in [5.41, 5.74) is 6.62. The van der Waals surface area contributed by atoms with E-state index in [9.17, 15) is 4.39 Å². The molecule has 2 aliphatic rings. The monoisotopic (exact) mass is 294 g/mol. The van der Waals surface area contributed by atoms with Crippen molar-refractivity contribution >= 4 is 24.8 Å². The van der Waals surface area contributed by atoms with E-state index in [1.165, 1.54) is 6.07 Å². The predicted molar refractivity (Wildman–Crippen MR) is 73.3 cm³/mol. The van der Waals surface area contributed by atoms with Gasteiger partial charge in [0.1, 0.15) is 5.60 Å². The molecule has 2 aliphatic heterocycles. The first kappa shape index (κ1) is 15.5. The van der Waals surface area contributed by atoms with Crippen molar-refractivity contribution in [1.82, 2.24) is 5.32 Å². The topological polar surface area (TPSA) is 47.3 Å². The second kappa shape index (κ2) is 5.61. The molecule has 0 aromatic heterocycles. The Morgan fingerprint density at radius 2 is 1.94 bits per heavy atom. The summed E-state index contributed by atoms with van der Waals surface area (Å²) in [6, 6.07) is 4.77. The smallest absolute Gasteiger partial charge is 0.165 e. The number of rotatable bonds is 0. The van der Waals surface area contributed by atoms with Gasteiger partial charge in [-0.3, -0.25) is 0 Å². The summed E-state index contributed by atoms with van der Waals surface area (Å²) >= 11 is 0. The number of para-hydroxylation sites is 1. The van der Waals surface area contributed by atoms with E-state index in [2.05, 4.69) is 5.32 Å². The molecular formula is C12H17Cl2FN2O. The molecule has 1 aromatic carbocycles. The van der Waals surface area contributed by atoms with Gasteiger partial charge in [0.05, 0.1) is 6.04 Å². The lowest BCUT2D eigenvalue weighted by molar-refractivity contribution is 0.0342. The van der Waals surface area contributed by atoms with Gasteiger partial charge >= 0.3 is 0 Å². The quantitative estimate of drug-likeness (QED) is 0.771. The molecule has 1 spiro atoms. The third kappa shape index (κ3) is 2.18. The summed E-state index contributed by atoms with van der Waals surface area (Å²) in [5, 5.41) is 3.27. The normalized spacial score (nSPS) is 23.6. The maximum Gasteiger partial charge on any atom is 0.165 e. The van der Waals surface area contributed by atoms with Crippen LogP contribution in [0.25, 0.3) is 0 Å². The van der Waals surface area contributed by atoms with Gasteiger partial charge in [-0.05, 0) is 19.2 Å². The van der Waals surface area contributed by atoms with Gasteiger partial charge < -0.3 is 15.8 Å². The van der Waals surface area contributed by atoms with Crippen LogP contribution in [-0.2, 0) is 0 Å². The fourth-order valence-corrected chi connectivity index (χ4v) is 2.69. The predicted octanol–water partition coefficient (Wildman–Crippen LogP) is 2.18. The zero-order valence-corrected chi connectivity index (χ0v) is 11.5. The van der Waals surface area contributed by atoms with E-state index < -0.39 is 5.60 Å². The summed E-state index contributed by atoms with van der Waals surface area (Å²) in [7, 11) is 0. The van der Waals surface area contributed by atoms with Crippen molar-refractivity contribution < 1.29 is 9.13 Å². The molecule has 1 saturated heterocycles. The van der Waals surface area contributed by atoms with Gasteiger partial charge in [-0.25, -0.2) is 4.39 Å². The van der Waals surface area contributed by atoms with Crippen LogP contribution in [0, 0.1) is 5.82 Å². The van der Waals surface area contributed by atoms with Crippen molar-refractivity contribution in [2.45, 2.75) is 24.5 Å². The highest BCUT2D eigenvalue weighted by molar-refractivity contribution is 5.85. The van der Waals surface area contributed by atoms with Crippen LogP contribution in [0.5, 0.6) is 5.75 Å². The van der Waals surface area contributed by atoms with Crippen molar-refractivity contribution in [1.29, 1.82) is 0 Å². The van der Waals surface area contributed by atoms with Gasteiger partial charge in [-0.15, -0.1) is 24.8 Å². The maximum absolute atomic E-state index is 13.6. The van der Waals surface area contributed by atoms with E-state index in [0.717, 1.165) is 31.5 Å². The van der Waals surface area contributed by atoms with Crippen molar-refractivity contribution in [2.75, 3.05) is 13.1 Å². The van der Waals surface area contributed by atoms with Gasteiger partial charge in [-0.1, -0.05) is 12.1 Å². The Kier molecular flexibility index (Phi) is 4.84. The zero-order chi connectivity index (χ0) is 11.2. The number of ether oxygens (including phenoxy) is 1. The third-order valence-corrected chi connectivity index (χ3v) is 3.65. The molecule has 3 nitrogen and oxygen atoms in total. The molecule has 0 radical (unpaired) electrons. The Morgan fingerprint density at radius 1 is 1.28 bits per heavy atom. The van der Waals surface area contributed by atoms with E-state index in [4.69, 9.17) is 10.5 Å².